The van der Waals surface area contributed by atoms with Crippen molar-refractivity contribution >= 4 is 0 Å². The first-order valence-electron chi connectivity index (χ1n) is 6.00. The van der Waals surface area contributed by atoms with Crippen LogP contribution >= 0.6 is 0 Å². The average Bonchev–Trinajstić information content (AvgIpc) is 2.74. The van der Waals surface area contributed by atoms with Crippen LogP contribution in [0.15, 0.2) is 36.5 Å². The van der Waals surface area contributed by atoms with E-state index in [0.717, 1.165) is 10.2 Å². The summed E-state index contributed by atoms with van der Waals surface area (Å²) >= 11 is 0. The van der Waals surface area contributed by atoms with Crippen LogP contribution in [0.4, 0.5) is 13.2 Å². The Balaban J connectivity index is 1.83. The molecule has 2 aromatic rings. The molecule has 1 heterocycles. The summed E-state index contributed by atoms with van der Waals surface area (Å²) in [4.78, 5) is 0. The first-order chi connectivity index (χ1) is 9.42. The zero-order valence-electron chi connectivity index (χ0n) is 10.6. The maximum Gasteiger partial charge on any atom is 0.408 e. The number of rotatable bonds is 5. The van der Waals surface area contributed by atoms with Gasteiger partial charge in [-0.05, 0) is 23.8 Å². The largest absolute Gasteiger partial charge is 0.508 e. The van der Waals surface area contributed by atoms with Crippen LogP contribution < -0.4 is 5.32 Å². The number of hydrogen-bond donors (Lipinski definition) is 2. The normalized spacial score (nSPS) is 11.8. The summed E-state index contributed by atoms with van der Waals surface area (Å²) in [5.41, 5.74) is 1.43. The lowest BCUT2D eigenvalue weighted by molar-refractivity contribution is -0.142. The lowest BCUT2D eigenvalue weighted by atomic mass is 10.2. The molecule has 0 radical (unpaired) electrons. The van der Waals surface area contributed by atoms with Crippen molar-refractivity contribution in [3.63, 3.8) is 0 Å². The van der Waals surface area contributed by atoms with E-state index in [4.69, 9.17) is 0 Å². The lowest BCUT2D eigenvalue weighted by Gasteiger charge is -2.06. The number of nitrogens with zero attached hydrogens (tertiary/aromatic N) is 2. The van der Waals surface area contributed by atoms with Gasteiger partial charge in [-0.15, -0.1) is 0 Å². The summed E-state index contributed by atoms with van der Waals surface area (Å²) < 4.78 is 37.4. The summed E-state index contributed by atoms with van der Waals surface area (Å²) in [6.07, 6.45) is -2.96. The molecule has 0 bridgehead atoms. The van der Waals surface area contributed by atoms with Gasteiger partial charge in [-0.1, -0.05) is 12.1 Å². The molecule has 0 saturated carbocycles. The number of phenolic OH excluding ortho intramolecular Hbond substituents is 1. The summed E-state index contributed by atoms with van der Waals surface area (Å²) in [5, 5.41) is 16.2. The number of hydrogen-bond acceptors (Lipinski definition) is 3. The Labute approximate surface area is 113 Å². The van der Waals surface area contributed by atoms with Gasteiger partial charge in [-0.2, -0.15) is 18.3 Å². The van der Waals surface area contributed by atoms with Crippen molar-refractivity contribution in [2.45, 2.75) is 25.8 Å². The van der Waals surface area contributed by atoms with E-state index in [1.807, 2.05) is 6.07 Å². The highest BCUT2D eigenvalue weighted by Gasteiger charge is 2.28. The monoisotopic (exact) mass is 285 g/mol. The second kappa shape index (κ2) is 5.96. The van der Waals surface area contributed by atoms with Crippen LogP contribution in [0.25, 0.3) is 0 Å². The molecule has 0 saturated heterocycles. The van der Waals surface area contributed by atoms with Crippen LogP contribution in [-0.4, -0.2) is 21.1 Å². The van der Waals surface area contributed by atoms with E-state index in [1.165, 1.54) is 6.20 Å². The topological polar surface area (TPSA) is 50.1 Å². The maximum atomic E-state index is 12.2. The molecule has 2 N–H and O–H groups in total. The molecule has 20 heavy (non-hydrogen) atoms. The Morgan fingerprint density at radius 2 is 2.00 bits per heavy atom. The van der Waals surface area contributed by atoms with Crippen molar-refractivity contribution in [3.05, 3.63) is 47.8 Å². The van der Waals surface area contributed by atoms with Crippen LogP contribution in [-0.2, 0) is 19.6 Å². The van der Waals surface area contributed by atoms with Crippen LogP contribution in [0, 0.1) is 0 Å². The average molecular weight is 285 g/mol. The second-order valence-electron chi connectivity index (χ2n) is 4.39. The number of nitrogens with one attached hydrogen (secondary N) is 1. The van der Waals surface area contributed by atoms with Crippen LogP contribution in [0.3, 0.4) is 0 Å². The van der Waals surface area contributed by atoms with Crippen LogP contribution in [0.1, 0.15) is 11.3 Å². The molecule has 4 nitrogen and oxygen atoms in total. The molecule has 1 aromatic heterocycles. The molecule has 0 atom stereocenters. The number of phenols is 1. The molecular formula is C13H14F3N3O. The Bertz CT molecular complexity index is 566. The summed E-state index contributed by atoms with van der Waals surface area (Å²) in [6.45, 7) is -0.222. The number of alkyl halides is 3. The third-order valence-corrected chi connectivity index (χ3v) is 2.58. The SMILES string of the molecule is Oc1cccc(CNCc2ccn(CC(F)(F)F)n2)c1. The molecule has 7 heteroatoms. The van der Waals surface area contributed by atoms with E-state index in [9.17, 15) is 18.3 Å². The van der Waals surface area contributed by atoms with Gasteiger partial charge in [-0.3, -0.25) is 4.68 Å². The number of aromatic nitrogens is 2. The van der Waals surface area contributed by atoms with Crippen LogP contribution in [0.5, 0.6) is 5.75 Å². The summed E-state index contributed by atoms with van der Waals surface area (Å²) in [7, 11) is 0. The molecule has 0 aliphatic heterocycles. The first-order valence-corrected chi connectivity index (χ1v) is 6.00. The van der Waals surface area contributed by atoms with Crippen molar-refractivity contribution in [1.29, 1.82) is 0 Å². The quantitative estimate of drug-likeness (QED) is 0.887. The van der Waals surface area contributed by atoms with Gasteiger partial charge >= 0.3 is 6.18 Å². The Hall–Kier alpha value is -2.02. The van der Waals surface area contributed by atoms with Gasteiger partial charge in [0.25, 0.3) is 0 Å². The molecule has 0 spiro atoms. The molecule has 2 rings (SSSR count). The molecule has 108 valence electrons. The van der Waals surface area contributed by atoms with E-state index in [1.54, 1.807) is 24.3 Å². The zero-order chi connectivity index (χ0) is 14.6. The Kier molecular flexibility index (Phi) is 4.29. The highest BCUT2D eigenvalue weighted by Crippen LogP contribution is 2.17. The third-order valence-electron chi connectivity index (χ3n) is 2.58. The standard InChI is InChI=1S/C13H14F3N3O/c14-13(15,16)9-19-5-4-11(18-19)8-17-7-10-2-1-3-12(20)6-10/h1-6,17,20H,7-9H2. The van der Waals surface area contributed by atoms with E-state index in [0.29, 0.717) is 18.8 Å². The van der Waals surface area contributed by atoms with Gasteiger partial charge in [0.1, 0.15) is 12.3 Å². The molecule has 0 amide bonds. The molecule has 0 fully saturated rings. The number of halogens is 3. The van der Waals surface area contributed by atoms with Gasteiger partial charge < -0.3 is 10.4 Å². The fourth-order valence-electron chi connectivity index (χ4n) is 1.77. The molecule has 0 aliphatic carbocycles. The molecular weight excluding hydrogens is 271 g/mol. The van der Waals surface area contributed by atoms with Crippen molar-refractivity contribution in [2.75, 3.05) is 0 Å². The van der Waals surface area contributed by atoms with Gasteiger partial charge in [0.05, 0.1) is 5.69 Å². The van der Waals surface area contributed by atoms with Crippen molar-refractivity contribution in [2.24, 2.45) is 0 Å². The zero-order valence-corrected chi connectivity index (χ0v) is 10.6. The predicted molar refractivity (Wildman–Crippen MR) is 66.9 cm³/mol. The van der Waals surface area contributed by atoms with Gasteiger partial charge in [0.2, 0.25) is 0 Å². The number of benzene rings is 1. The fourth-order valence-corrected chi connectivity index (χ4v) is 1.77. The fraction of sp³-hybridized carbons (Fsp3) is 0.308. The molecule has 1 aromatic carbocycles. The number of aromatic hydroxyl groups is 1. The Morgan fingerprint density at radius 1 is 1.20 bits per heavy atom. The maximum absolute atomic E-state index is 12.2. The highest BCUT2D eigenvalue weighted by molar-refractivity contribution is 5.26. The summed E-state index contributed by atoms with van der Waals surface area (Å²) in [6, 6.07) is 8.30. The molecule has 0 aliphatic rings. The first kappa shape index (κ1) is 14.4. The minimum Gasteiger partial charge on any atom is -0.508 e. The van der Waals surface area contributed by atoms with Crippen LogP contribution in [0.2, 0.25) is 0 Å². The van der Waals surface area contributed by atoms with Crippen molar-refractivity contribution in [1.82, 2.24) is 15.1 Å². The third kappa shape index (κ3) is 4.58. The van der Waals surface area contributed by atoms with Gasteiger partial charge in [0, 0.05) is 19.3 Å². The molecule has 0 unspecified atom stereocenters. The van der Waals surface area contributed by atoms with E-state index in [2.05, 4.69) is 10.4 Å². The van der Waals surface area contributed by atoms with Crippen molar-refractivity contribution in [3.8, 4) is 5.75 Å². The van der Waals surface area contributed by atoms with E-state index >= 15 is 0 Å². The predicted octanol–water partition coefficient (Wildman–Crippen LogP) is 2.44. The second-order valence-corrected chi connectivity index (χ2v) is 4.39. The minimum absolute atomic E-state index is 0.179. The smallest absolute Gasteiger partial charge is 0.408 e. The Morgan fingerprint density at radius 3 is 2.70 bits per heavy atom. The van der Waals surface area contributed by atoms with Crippen molar-refractivity contribution < 1.29 is 18.3 Å². The van der Waals surface area contributed by atoms with Gasteiger partial charge in [-0.25, -0.2) is 0 Å². The summed E-state index contributed by atoms with van der Waals surface area (Å²) in [5.74, 6) is 0.179. The minimum atomic E-state index is -4.27. The van der Waals surface area contributed by atoms with E-state index < -0.39 is 12.7 Å². The van der Waals surface area contributed by atoms with Gasteiger partial charge in [0.15, 0.2) is 0 Å². The highest BCUT2D eigenvalue weighted by atomic mass is 19.4. The van der Waals surface area contributed by atoms with E-state index in [-0.39, 0.29) is 5.75 Å². The lowest BCUT2D eigenvalue weighted by Crippen LogP contribution is -2.19.